The van der Waals surface area contributed by atoms with Crippen LogP contribution in [-0.2, 0) is 6.18 Å². The molecule has 0 aliphatic rings. The number of halogens is 3. The number of rotatable bonds is 6. The lowest BCUT2D eigenvalue weighted by Gasteiger charge is -2.14. The number of fused-ring (bicyclic) bond motifs is 1. The van der Waals surface area contributed by atoms with Gasteiger partial charge in [-0.15, -0.1) is 0 Å². The number of amides is 1. The van der Waals surface area contributed by atoms with Crippen molar-refractivity contribution in [2.75, 3.05) is 17.7 Å². The minimum Gasteiger partial charge on any atom is -0.496 e. The summed E-state index contributed by atoms with van der Waals surface area (Å²) in [6.07, 6.45) is 0.645. The number of hydrogen-bond acceptors (Lipinski definition) is 5. The van der Waals surface area contributed by atoms with E-state index in [4.69, 9.17) is 4.74 Å². The first-order valence-corrected chi connectivity index (χ1v) is 11.1. The molecule has 3 N–H and O–H groups in total. The van der Waals surface area contributed by atoms with Gasteiger partial charge in [0, 0.05) is 40.9 Å². The van der Waals surface area contributed by atoms with Gasteiger partial charge < -0.3 is 20.4 Å². The smallest absolute Gasteiger partial charge is 0.416 e. The van der Waals surface area contributed by atoms with Crippen molar-refractivity contribution in [2.24, 2.45) is 0 Å². The van der Waals surface area contributed by atoms with Crippen molar-refractivity contribution < 1.29 is 22.7 Å². The van der Waals surface area contributed by atoms with Crippen LogP contribution in [0.15, 0.2) is 85.3 Å². The Morgan fingerprint density at radius 1 is 1.00 bits per heavy atom. The molecule has 0 aliphatic heterocycles. The van der Waals surface area contributed by atoms with Crippen LogP contribution in [-0.4, -0.2) is 28.0 Å². The first-order valence-electron chi connectivity index (χ1n) is 11.1. The zero-order valence-corrected chi connectivity index (χ0v) is 19.4. The summed E-state index contributed by atoms with van der Waals surface area (Å²) >= 11 is 0. The second kappa shape index (κ2) is 9.65. The van der Waals surface area contributed by atoms with Crippen LogP contribution in [0.25, 0.3) is 22.3 Å². The van der Waals surface area contributed by atoms with Crippen LogP contribution in [0.5, 0.6) is 5.75 Å². The molecule has 0 atom stereocenters. The average Bonchev–Trinajstić information content (AvgIpc) is 3.38. The highest BCUT2D eigenvalue weighted by atomic mass is 19.4. The number of alkyl halides is 3. The second-order valence-corrected chi connectivity index (χ2v) is 8.11. The predicted octanol–water partition coefficient (Wildman–Crippen LogP) is 6.65. The summed E-state index contributed by atoms with van der Waals surface area (Å²) in [5.74, 6) is -0.343. The molecule has 0 radical (unpaired) electrons. The van der Waals surface area contributed by atoms with Crippen molar-refractivity contribution >= 4 is 34.0 Å². The van der Waals surface area contributed by atoms with Gasteiger partial charge in [-0.05, 0) is 60.7 Å². The maximum Gasteiger partial charge on any atom is 0.416 e. The highest BCUT2D eigenvalue weighted by molar-refractivity contribution is 6.07. The number of aromatic amines is 1. The van der Waals surface area contributed by atoms with Crippen LogP contribution in [0.2, 0.25) is 0 Å². The summed E-state index contributed by atoms with van der Waals surface area (Å²) in [4.78, 5) is 25.0. The average molecular weight is 503 g/mol. The lowest BCUT2D eigenvalue weighted by molar-refractivity contribution is -0.137. The third-order valence-corrected chi connectivity index (χ3v) is 5.66. The monoisotopic (exact) mass is 503 g/mol. The number of pyridine rings is 2. The number of H-pyrrole nitrogens is 1. The van der Waals surface area contributed by atoms with Gasteiger partial charge in [0.15, 0.2) is 0 Å². The van der Waals surface area contributed by atoms with Gasteiger partial charge in [0.1, 0.15) is 11.4 Å². The van der Waals surface area contributed by atoms with E-state index in [-0.39, 0.29) is 17.0 Å². The van der Waals surface area contributed by atoms with Crippen molar-refractivity contribution in [3.05, 3.63) is 96.4 Å². The first kappa shape index (κ1) is 23.9. The van der Waals surface area contributed by atoms with Gasteiger partial charge >= 0.3 is 6.18 Å². The van der Waals surface area contributed by atoms with E-state index < -0.39 is 17.6 Å². The Bertz CT molecular complexity index is 1580. The van der Waals surface area contributed by atoms with E-state index in [2.05, 4.69) is 25.6 Å². The van der Waals surface area contributed by atoms with Gasteiger partial charge in [-0.1, -0.05) is 6.07 Å². The molecule has 2 aromatic carbocycles. The Balaban J connectivity index is 1.47. The van der Waals surface area contributed by atoms with Crippen LogP contribution >= 0.6 is 0 Å². The molecule has 10 heteroatoms. The van der Waals surface area contributed by atoms with Gasteiger partial charge in [0.25, 0.3) is 5.91 Å². The molecule has 5 aromatic rings. The van der Waals surface area contributed by atoms with E-state index in [1.807, 2.05) is 24.3 Å². The fourth-order valence-electron chi connectivity index (χ4n) is 3.89. The Labute approximate surface area is 209 Å². The van der Waals surface area contributed by atoms with Crippen LogP contribution < -0.4 is 15.4 Å². The molecule has 5 rings (SSSR count). The molecule has 7 nitrogen and oxygen atoms in total. The number of ether oxygens (including phenoxy) is 1. The number of nitrogens with zero attached hydrogens (tertiary/aromatic N) is 2. The molecule has 0 saturated heterocycles. The summed E-state index contributed by atoms with van der Waals surface area (Å²) in [6.45, 7) is 0. The van der Waals surface area contributed by atoms with E-state index in [9.17, 15) is 18.0 Å². The molecule has 3 heterocycles. The summed E-state index contributed by atoms with van der Waals surface area (Å²) in [5.41, 5.74) is 2.81. The van der Waals surface area contributed by atoms with E-state index >= 15 is 0 Å². The SMILES string of the molecule is COc1ccc(Nc2cc(-c3cccnc3)nc3[nH]ccc23)cc1C(=O)Nc1cccc(C(F)(F)F)c1. The molecule has 0 unspecified atom stereocenters. The van der Waals surface area contributed by atoms with E-state index in [0.717, 1.165) is 28.8 Å². The zero-order chi connectivity index (χ0) is 26.0. The normalized spacial score (nSPS) is 11.4. The lowest BCUT2D eigenvalue weighted by atomic mass is 10.1. The summed E-state index contributed by atoms with van der Waals surface area (Å²) in [5, 5.41) is 6.67. The number of anilines is 3. The Morgan fingerprint density at radius 3 is 2.62 bits per heavy atom. The molecular weight excluding hydrogens is 483 g/mol. The van der Waals surface area contributed by atoms with E-state index in [1.165, 1.54) is 19.2 Å². The molecule has 0 spiro atoms. The maximum absolute atomic E-state index is 13.1. The minimum absolute atomic E-state index is 0.0181. The predicted molar refractivity (Wildman–Crippen MR) is 135 cm³/mol. The number of benzene rings is 2. The second-order valence-electron chi connectivity index (χ2n) is 8.11. The van der Waals surface area contributed by atoms with Crippen LogP contribution in [0, 0.1) is 0 Å². The maximum atomic E-state index is 13.1. The van der Waals surface area contributed by atoms with Crippen LogP contribution in [0.3, 0.4) is 0 Å². The molecule has 186 valence electrons. The Kier molecular flexibility index (Phi) is 6.22. The third-order valence-electron chi connectivity index (χ3n) is 5.66. The van der Waals surface area contributed by atoms with Crippen LogP contribution in [0.4, 0.5) is 30.2 Å². The summed E-state index contributed by atoms with van der Waals surface area (Å²) in [7, 11) is 1.41. The molecular formula is C27H20F3N5O2. The fraction of sp³-hybridized carbons (Fsp3) is 0.0741. The minimum atomic E-state index is -4.52. The highest BCUT2D eigenvalue weighted by Crippen LogP contribution is 2.33. The van der Waals surface area contributed by atoms with E-state index in [0.29, 0.717) is 17.0 Å². The van der Waals surface area contributed by atoms with Gasteiger partial charge in [0.2, 0.25) is 0 Å². The highest BCUT2D eigenvalue weighted by Gasteiger charge is 2.30. The van der Waals surface area contributed by atoms with Gasteiger partial charge in [0.05, 0.1) is 29.6 Å². The molecule has 37 heavy (non-hydrogen) atoms. The van der Waals surface area contributed by atoms with Crippen molar-refractivity contribution in [1.82, 2.24) is 15.0 Å². The number of methoxy groups -OCH3 is 1. The van der Waals surface area contributed by atoms with Gasteiger partial charge in [-0.25, -0.2) is 4.98 Å². The Hall–Kier alpha value is -4.86. The number of aromatic nitrogens is 3. The van der Waals surface area contributed by atoms with Crippen molar-refractivity contribution in [2.45, 2.75) is 6.18 Å². The quantitative estimate of drug-likeness (QED) is 0.241. The van der Waals surface area contributed by atoms with Gasteiger partial charge in [-0.2, -0.15) is 13.2 Å². The molecule has 3 aromatic heterocycles. The first-order chi connectivity index (χ1) is 17.8. The molecule has 0 fully saturated rings. The van der Waals surface area contributed by atoms with Crippen LogP contribution in [0.1, 0.15) is 15.9 Å². The molecule has 0 saturated carbocycles. The topological polar surface area (TPSA) is 91.9 Å². The number of carbonyl (C=O) groups is 1. The number of carbonyl (C=O) groups excluding carboxylic acids is 1. The number of nitrogens with one attached hydrogen (secondary N) is 3. The van der Waals surface area contributed by atoms with Crippen molar-refractivity contribution in [3.63, 3.8) is 0 Å². The standard InChI is InChI=1S/C27H20F3N5O2/c1-37-24-8-7-19(13-21(24)26(36)34-18-6-2-5-17(12-18)27(28,29)30)33-23-14-22(16-4-3-10-31-15-16)35-25-20(23)9-11-32-25/h2-15H,1H3,(H,34,36)(H2,32,33,35). The van der Waals surface area contributed by atoms with Gasteiger partial charge in [-0.3, -0.25) is 9.78 Å². The molecule has 1 amide bonds. The lowest BCUT2D eigenvalue weighted by Crippen LogP contribution is -2.14. The Morgan fingerprint density at radius 2 is 1.86 bits per heavy atom. The third kappa shape index (κ3) is 5.08. The largest absolute Gasteiger partial charge is 0.496 e. The van der Waals surface area contributed by atoms with Crippen molar-refractivity contribution in [1.29, 1.82) is 0 Å². The van der Waals surface area contributed by atoms with E-state index in [1.54, 1.807) is 36.8 Å². The fourth-order valence-corrected chi connectivity index (χ4v) is 3.89. The summed E-state index contributed by atoms with van der Waals surface area (Å²) in [6, 6.07) is 16.8. The molecule has 0 aliphatic carbocycles. The van der Waals surface area contributed by atoms with Crippen molar-refractivity contribution in [3.8, 4) is 17.0 Å². The molecule has 0 bridgehead atoms. The zero-order valence-electron chi connectivity index (χ0n) is 19.4. The summed E-state index contributed by atoms with van der Waals surface area (Å²) < 4.78 is 44.6. The number of hydrogen-bond donors (Lipinski definition) is 3.